The van der Waals surface area contributed by atoms with Crippen molar-refractivity contribution in [3.63, 3.8) is 0 Å². The molecular formula is C20H30N6. The smallest absolute Gasteiger partial charge is 0.193 e. The van der Waals surface area contributed by atoms with Crippen LogP contribution < -0.4 is 5.32 Å². The Labute approximate surface area is 156 Å². The highest BCUT2D eigenvalue weighted by Crippen LogP contribution is 2.28. The quantitative estimate of drug-likeness (QED) is 0.640. The number of pyridine rings is 1. The molecule has 2 aromatic heterocycles. The van der Waals surface area contributed by atoms with Crippen LogP contribution in [0.2, 0.25) is 0 Å². The summed E-state index contributed by atoms with van der Waals surface area (Å²) in [7, 11) is 1.87. The second kappa shape index (κ2) is 8.83. The summed E-state index contributed by atoms with van der Waals surface area (Å²) < 4.78 is 1.78. The first-order chi connectivity index (χ1) is 12.7. The Hall–Kier alpha value is -2.37. The number of aromatic nitrogens is 3. The van der Waals surface area contributed by atoms with Gasteiger partial charge in [0.05, 0.1) is 0 Å². The number of hydrogen-bond donors (Lipinski definition) is 1. The number of rotatable bonds is 6. The molecule has 3 rings (SSSR count). The van der Waals surface area contributed by atoms with E-state index in [0.29, 0.717) is 0 Å². The number of hydrogen-bond acceptors (Lipinski definition) is 3. The van der Waals surface area contributed by atoms with Gasteiger partial charge in [0.2, 0.25) is 0 Å². The van der Waals surface area contributed by atoms with E-state index in [4.69, 9.17) is 0 Å². The van der Waals surface area contributed by atoms with Gasteiger partial charge in [-0.25, -0.2) is 9.67 Å². The molecule has 1 unspecified atom stereocenters. The lowest BCUT2D eigenvalue weighted by Gasteiger charge is -2.24. The first kappa shape index (κ1) is 18.4. The zero-order valence-corrected chi connectivity index (χ0v) is 16.1. The summed E-state index contributed by atoms with van der Waals surface area (Å²) in [6.45, 7) is 7.56. The third-order valence-electron chi connectivity index (χ3n) is 5.45. The molecule has 0 saturated carbocycles. The van der Waals surface area contributed by atoms with Crippen LogP contribution in [0, 0.1) is 11.8 Å². The molecule has 1 aliphatic rings. The Morgan fingerprint density at radius 1 is 1.35 bits per heavy atom. The van der Waals surface area contributed by atoms with Crippen molar-refractivity contribution in [3.05, 3.63) is 42.4 Å². The minimum absolute atomic E-state index is 0.732. The molecule has 0 aliphatic carbocycles. The Morgan fingerprint density at radius 2 is 2.19 bits per heavy atom. The number of nitrogens with zero attached hydrogens (tertiary/aromatic N) is 5. The Bertz CT molecular complexity index is 705. The van der Waals surface area contributed by atoms with Crippen LogP contribution in [0.5, 0.6) is 0 Å². The van der Waals surface area contributed by atoms with Crippen LogP contribution in [0.15, 0.2) is 41.8 Å². The topological polar surface area (TPSA) is 58.3 Å². The molecule has 0 aromatic carbocycles. The van der Waals surface area contributed by atoms with Gasteiger partial charge >= 0.3 is 0 Å². The number of aliphatic imine (C=N–C) groups is 1. The second-order valence-corrected chi connectivity index (χ2v) is 6.95. The summed E-state index contributed by atoms with van der Waals surface area (Å²) in [5.41, 5.74) is 1.17. The maximum Gasteiger partial charge on any atom is 0.193 e. The molecule has 3 heterocycles. The van der Waals surface area contributed by atoms with Crippen LogP contribution in [0.1, 0.15) is 38.7 Å². The van der Waals surface area contributed by atoms with Gasteiger partial charge in [0.15, 0.2) is 11.8 Å². The lowest BCUT2D eigenvalue weighted by Crippen LogP contribution is -2.40. The van der Waals surface area contributed by atoms with Crippen LogP contribution in [-0.4, -0.2) is 45.8 Å². The number of guanidine groups is 1. The summed E-state index contributed by atoms with van der Waals surface area (Å²) in [6, 6.07) is 5.99. The molecule has 1 atom stereocenters. The van der Waals surface area contributed by atoms with Crippen LogP contribution in [0.25, 0.3) is 5.82 Å². The lowest BCUT2D eigenvalue weighted by atomic mass is 9.87. The third-order valence-corrected chi connectivity index (χ3v) is 5.45. The zero-order chi connectivity index (χ0) is 18.4. The Morgan fingerprint density at radius 3 is 2.88 bits per heavy atom. The summed E-state index contributed by atoms with van der Waals surface area (Å²) in [5, 5.41) is 7.76. The Balaban J connectivity index is 1.59. The van der Waals surface area contributed by atoms with Crippen molar-refractivity contribution in [1.82, 2.24) is 25.0 Å². The first-order valence-corrected chi connectivity index (χ1v) is 9.65. The molecular weight excluding hydrogens is 324 g/mol. The molecule has 140 valence electrons. The van der Waals surface area contributed by atoms with E-state index in [-0.39, 0.29) is 0 Å². The van der Waals surface area contributed by atoms with Gasteiger partial charge in [-0.3, -0.25) is 4.99 Å². The van der Waals surface area contributed by atoms with Gasteiger partial charge in [0.1, 0.15) is 0 Å². The highest BCUT2D eigenvalue weighted by atomic mass is 15.3. The lowest BCUT2D eigenvalue weighted by molar-refractivity contribution is 0.319. The SMILES string of the molecule is CCC(CC)C1CCN(C(=NC)NCc2ccnc(-n3cccn3)c2)C1. The predicted octanol–water partition coefficient (Wildman–Crippen LogP) is 3.10. The molecule has 6 heteroatoms. The summed E-state index contributed by atoms with van der Waals surface area (Å²) >= 11 is 0. The van der Waals surface area contributed by atoms with Crippen molar-refractivity contribution in [2.75, 3.05) is 20.1 Å². The second-order valence-electron chi connectivity index (χ2n) is 6.95. The normalized spacial score (nSPS) is 17.9. The highest BCUT2D eigenvalue weighted by molar-refractivity contribution is 5.80. The van der Waals surface area contributed by atoms with Crippen molar-refractivity contribution in [3.8, 4) is 5.82 Å². The summed E-state index contributed by atoms with van der Waals surface area (Å²) in [6.07, 6.45) is 9.31. The highest BCUT2D eigenvalue weighted by Gasteiger charge is 2.29. The largest absolute Gasteiger partial charge is 0.352 e. The number of nitrogens with one attached hydrogen (secondary N) is 1. The van der Waals surface area contributed by atoms with E-state index in [2.05, 4.69) is 45.2 Å². The molecule has 6 nitrogen and oxygen atoms in total. The maximum absolute atomic E-state index is 4.50. The molecule has 2 aromatic rings. The van der Waals surface area contributed by atoms with Crippen molar-refractivity contribution >= 4 is 5.96 Å². The van der Waals surface area contributed by atoms with Crippen LogP contribution >= 0.6 is 0 Å². The van der Waals surface area contributed by atoms with Gasteiger partial charge < -0.3 is 10.2 Å². The van der Waals surface area contributed by atoms with E-state index in [1.807, 2.05) is 31.6 Å². The zero-order valence-electron chi connectivity index (χ0n) is 16.1. The molecule has 1 aliphatic heterocycles. The molecule has 1 fully saturated rings. The fourth-order valence-corrected chi connectivity index (χ4v) is 3.93. The average Bonchev–Trinajstić information content (AvgIpc) is 3.36. The van der Waals surface area contributed by atoms with E-state index in [1.54, 1.807) is 10.9 Å². The summed E-state index contributed by atoms with van der Waals surface area (Å²) in [4.78, 5) is 11.3. The minimum atomic E-state index is 0.732. The molecule has 0 bridgehead atoms. The standard InChI is InChI=1S/C20H30N6/c1-4-17(5-2)18-8-12-25(15-18)20(21-3)23-14-16-7-10-22-19(13-16)26-11-6-9-24-26/h6-7,9-11,13,17-18H,4-5,8,12,14-15H2,1-3H3,(H,21,23). The molecule has 1 saturated heterocycles. The number of likely N-dealkylation sites (tertiary alicyclic amines) is 1. The fraction of sp³-hybridized carbons (Fsp3) is 0.550. The first-order valence-electron chi connectivity index (χ1n) is 9.65. The van der Waals surface area contributed by atoms with E-state index in [9.17, 15) is 0 Å². The monoisotopic (exact) mass is 354 g/mol. The van der Waals surface area contributed by atoms with Gasteiger partial charge in [-0.05, 0) is 42.0 Å². The predicted molar refractivity (Wildman–Crippen MR) is 105 cm³/mol. The van der Waals surface area contributed by atoms with Gasteiger partial charge in [0.25, 0.3) is 0 Å². The molecule has 1 N–H and O–H groups in total. The van der Waals surface area contributed by atoms with Crippen LogP contribution in [0.3, 0.4) is 0 Å². The summed E-state index contributed by atoms with van der Waals surface area (Å²) in [5.74, 6) is 3.45. The van der Waals surface area contributed by atoms with Crippen molar-refractivity contribution in [2.24, 2.45) is 16.8 Å². The molecule has 0 amide bonds. The van der Waals surface area contributed by atoms with Crippen LogP contribution in [-0.2, 0) is 6.54 Å². The maximum atomic E-state index is 4.50. The van der Waals surface area contributed by atoms with Crippen molar-refractivity contribution in [1.29, 1.82) is 0 Å². The molecule has 0 spiro atoms. The van der Waals surface area contributed by atoms with Gasteiger partial charge in [-0.1, -0.05) is 26.7 Å². The van der Waals surface area contributed by atoms with Gasteiger partial charge in [0, 0.05) is 45.3 Å². The minimum Gasteiger partial charge on any atom is -0.352 e. The Kier molecular flexibility index (Phi) is 6.26. The van der Waals surface area contributed by atoms with E-state index in [1.165, 1.54) is 24.8 Å². The molecule has 26 heavy (non-hydrogen) atoms. The van der Waals surface area contributed by atoms with Gasteiger partial charge in [-0.2, -0.15) is 5.10 Å². The van der Waals surface area contributed by atoms with Crippen molar-refractivity contribution in [2.45, 2.75) is 39.7 Å². The van der Waals surface area contributed by atoms with Crippen molar-refractivity contribution < 1.29 is 0 Å². The van der Waals surface area contributed by atoms with E-state index in [0.717, 1.165) is 43.2 Å². The van der Waals surface area contributed by atoms with E-state index < -0.39 is 0 Å². The average molecular weight is 355 g/mol. The fourth-order valence-electron chi connectivity index (χ4n) is 3.93. The van der Waals surface area contributed by atoms with E-state index >= 15 is 0 Å². The third kappa shape index (κ3) is 4.23. The molecule has 0 radical (unpaired) electrons. The van der Waals surface area contributed by atoms with Crippen LogP contribution in [0.4, 0.5) is 0 Å². The van der Waals surface area contributed by atoms with Gasteiger partial charge in [-0.15, -0.1) is 0 Å².